The zero-order valence-electron chi connectivity index (χ0n) is 12.8. The van der Waals surface area contributed by atoms with E-state index in [9.17, 15) is 14.2 Å². The summed E-state index contributed by atoms with van der Waals surface area (Å²) < 4.78 is 22.1. The molecule has 0 radical (unpaired) electrons. The first kappa shape index (κ1) is 22.5. The summed E-state index contributed by atoms with van der Waals surface area (Å²) in [6.45, 7) is 1.65. The molecular weight excluding hydrogens is 304 g/mol. The van der Waals surface area contributed by atoms with Crippen LogP contribution in [-0.4, -0.2) is 29.8 Å². The van der Waals surface area contributed by atoms with Crippen molar-refractivity contribution in [2.24, 2.45) is 5.41 Å². The SMILES string of the molecule is CC1(CC(O)(P(=O)(O)O)P(=O)(O)O)CCC1.[H-].[H-].[Na+].[Na+]. The van der Waals surface area contributed by atoms with Crippen molar-refractivity contribution < 1.29 is 95.8 Å². The monoisotopic (exact) mass is 322 g/mol. The molecule has 1 saturated carbocycles. The van der Waals surface area contributed by atoms with E-state index in [1.165, 1.54) is 0 Å². The molecule has 0 saturated heterocycles. The summed E-state index contributed by atoms with van der Waals surface area (Å²) in [4.78, 5) is 35.7. The van der Waals surface area contributed by atoms with Crippen LogP contribution in [0, 0.1) is 5.41 Å². The van der Waals surface area contributed by atoms with Crippen molar-refractivity contribution in [1.29, 1.82) is 0 Å². The van der Waals surface area contributed by atoms with Gasteiger partial charge in [0.05, 0.1) is 0 Å². The van der Waals surface area contributed by atoms with E-state index in [0.29, 0.717) is 12.8 Å². The third kappa shape index (κ3) is 4.63. The van der Waals surface area contributed by atoms with Gasteiger partial charge in [-0.1, -0.05) is 13.3 Å². The van der Waals surface area contributed by atoms with Crippen LogP contribution in [0.25, 0.3) is 0 Å². The predicted octanol–water partition coefficient (Wildman–Crippen LogP) is -5.20. The molecule has 1 fully saturated rings. The first-order chi connectivity index (χ1) is 6.91. The Hall–Kier alpha value is 2.26. The van der Waals surface area contributed by atoms with E-state index >= 15 is 0 Å². The maximum absolute atomic E-state index is 11.1. The van der Waals surface area contributed by atoms with Crippen LogP contribution in [0.1, 0.15) is 35.5 Å². The zero-order chi connectivity index (χ0) is 12.8. The Morgan fingerprint density at radius 3 is 1.61 bits per heavy atom. The topological polar surface area (TPSA) is 135 Å². The number of aliphatic hydroxyl groups is 1. The van der Waals surface area contributed by atoms with Crippen LogP contribution in [0.5, 0.6) is 0 Å². The fourth-order valence-electron chi connectivity index (χ4n) is 1.91. The summed E-state index contributed by atoms with van der Waals surface area (Å²) in [6.07, 6.45) is 1.42. The van der Waals surface area contributed by atoms with Crippen LogP contribution in [0.3, 0.4) is 0 Å². The Balaban J connectivity index is -0.000000320. The molecule has 1 aliphatic rings. The summed E-state index contributed by atoms with van der Waals surface area (Å²) >= 11 is 0. The molecule has 0 aromatic heterocycles. The van der Waals surface area contributed by atoms with Gasteiger partial charge in [0.1, 0.15) is 0 Å². The molecule has 1 aliphatic carbocycles. The minimum absolute atomic E-state index is 0. The van der Waals surface area contributed by atoms with Gasteiger partial charge >= 0.3 is 74.3 Å². The quantitative estimate of drug-likeness (QED) is 0.258. The van der Waals surface area contributed by atoms with E-state index in [2.05, 4.69) is 0 Å². The second-order valence-electron chi connectivity index (χ2n) is 4.70. The molecule has 0 bridgehead atoms. The molecule has 0 unspecified atom stereocenters. The van der Waals surface area contributed by atoms with Crippen molar-refractivity contribution in [2.75, 3.05) is 0 Å². The van der Waals surface area contributed by atoms with E-state index < -0.39 is 32.1 Å². The second-order valence-corrected chi connectivity index (χ2v) is 8.71. The Morgan fingerprint density at radius 1 is 1.11 bits per heavy atom. The van der Waals surface area contributed by atoms with E-state index in [4.69, 9.17) is 19.6 Å². The normalized spacial score (nSPS) is 19.2. The molecule has 0 spiro atoms. The van der Waals surface area contributed by atoms with Gasteiger partial charge in [-0.15, -0.1) is 0 Å². The van der Waals surface area contributed by atoms with Gasteiger partial charge in [0, 0.05) is 6.42 Å². The van der Waals surface area contributed by atoms with Gasteiger partial charge in [0.25, 0.3) is 5.08 Å². The third-order valence-corrected chi connectivity index (χ3v) is 6.90. The van der Waals surface area contributed by atoms with Gasteiger partial charge in [-0.2, -0.15) is 0 Å². The van der Waals surface area contributed by atoms with E-state index in [0.717, 1.165) is 6.42 Å². The molecular formula is C7H18Na2O7P2. The molecule has 11 heteroatoms. The third-order valence-electron chi connectivity index (χ3n) is 3.16. The van der Waals surface area contributed by atoms with Crippen LogP contribution in [0.15, 0.2) is 0 Å². The molecule has 100 valence electrons. The molecule has 0 aromatic rings. The second kappa shape index (κ2) is 7.01. The van der Waals surface area contributed by atoms with Gasteiger partial charge in [-0.05, 0) is 18.3 Å². The summed E-state index contributed by atoms with van der Waals surface area (Å²) in [5.74, 6) is 0. The van der Waals surface area contributed by atoms with Gasteiger partial charge in [-0.25, -0.2) is 0 Å². The van der Waals surface area contributed by atoms with Crippen LogP contribution in [-0.2, 0) is 9.13 Å². The molecule has 5 N–H and O–H groups in total. The minimum Gasteiger partial charge on any atom is -1.00 e. The Morgan fingerprint density at radius 2 is 1.44 bits per heavy atom. The van der Waals surface area contributed by atoms with E-state index in [-0.39, 0.29) is 62.0 Å². The molecule has 7 nitrogen and oxygen atoms in total. The smallest absolute Gasteiger partial charge is 1.00 e. The van der Waals surface area contributed by atoms with E-state index in [1.807, 2.05) is 0 Å². The van der Waals surface area contributed by atoms with Gasteiger partial charge < -0.3 is 27.5 Å². The molecule has 0 atom stereocenters. The minimum atomic E-state index is -5.29. The summed E-state index contributed by atoms with van der Waals surface area (Å²) in [5, 5.41) is 6.40. The average Bonchev–Trinajstić information content (AvgIpc) is 1.97. The summed E-state index contributed by atoms with van der Waals surface area (Å²) in [6, 6.07) is 0. The molecule has 0 amide bonds. The molecule has 18 heavy (non-hydrogen) atoms. The van der Waals surface area contributed by atoms with Crippen LogP contribution >= 0.6 is 15.2 Å². The van der Waals surface area contributed by atoms with Crippen LogP contribution in [0.4, 0.5) is 0 Å². The van der Waals surface area contributed by atoms with Crippen molar-refractivity contribution in [1.82, 2.24) is 0 Å². The fourth-order valence-corrected chi connectivity index (χ4v) is 4.44. The van der Waals surface area contributed by atoms with Crippen molar-refractivity contribution in [3.05, 3.63) is 0 Å². The molecule has 1 rings (SSSR count). The molecule has 0 aromatic carbocycles. The van der Waals surface area contributed by atoms with E-state index in [1.54, 1.807) is 6.92 Å². The number of hydrogen-bond donors (Lipinski definition) is 5. The Kier molecular flexibility index (Phi) is 8.78. The van der Waals surface area contributed by atoms with Gasteiger partial charge in [0.15, 0.2) is 0 Å². The number of rotatable bonds is 4. The molecule has 0 heterocycles. The maximum Gasteiger partial charge on any atom is 1.00 e. The predicted molar refractivity (Wildman–Crippen MR) is 57.8 cm³/mol. The largest absolute Gasteiger partial charge is 1.00 e. The van der Waals surface area contributed by atoms with Crippen LogP contribution < -0.4 is 59.1 Å². The van der Waals surface area contributed by atoms with Crippen molar-refractivity contribution in [3.63, 3.8) is 0 Å². The summed E-state index contributed by atoms with van der Waals surface area (Å²) in [7, 11) is -10.6. The van der Waals surface area contributed by atoms with Crippen LogP contribution in [0.2, 0.25) is 0 Å². The first-order valence-corrected chi connectivity index (χ1v) is 7.97. The standard InChI is InChI=1S/C7H16O7P2.2Na.2H/c1-6(3-2-4-6)5-7(8,15(9,10)11)16(12,13)14;;;;/h8H,2-5H2,1H3,(H2,9,10,11)(H2,12,13,14);;;;/q;2*+1;2*-1. The first-order valence-electron chi connectivity index (χ1n) is 4.75. The van der Waals surface area contributed by atoms with Gasteiger partial charge in [-0.3, -0.25) is 9.13 Å². The number of hydrogen-bond acceptors (Lipinski definition) is 3. The van der Waals surface area contributed by atoms with Crippen molar-refractivity contribution >= 4 is 15.2 Å². The Bertz CT molecular complexity index is 359. The van der Waals surface area contributed by atoms with Crippen molar-refractivity contribution in [3.8, 4) is 0 Å². The Labute approximate surface area is 153 Å². The average molecular weight is 322 g/mol. The van der Waals surface area contributed by atoms with Gasteiger partial charge in [0.2, 0.25) is 0 Å². The zero-order valence-corrected chi connectivity index (χ0v) is 16.6. The molecule has 0 aliphatic heterocycles. The maximum atomic E-state index is 11.1. The van der Waals surface area contributed by atoms with Crippen molar-refractivity contribution in [2.45, 2.75) is 37.7 Å². The fraction of sp³-hybridized carbons (Fsp3) is 1.00. The summed E-state index contributed by atoms with van der Waals surface area (Å²) in [5.41, 5.74) is -0.614.